The molecular weight excluding hydrogens is 202 g/mol. The van der Waals surface area contributed by atoms with E-state index in [0.29, 0.717) is 19.0 Å². The molecule has 0 aromatic rings. The van der Waals surface area contributed by atoms with Crippen LogP contribution in [0.5, 0.6) is 0 Å². The van der Waals surface area contributed by atoms with Gasteiger partial charge in [0, 0.05) is 26.1 Å². The highest BCUT2D eigenvalue weighted by Gasteiger charge is 2.24. The van der Waals surface area contributed by atoms with Gasteiger partial charge < -0.3 is 15.5 Å². The zero-order chi connectivity index (χ0) is 12.1. The van der Waals surface area contributed by atoms with Crippen LogP contribution in [0.15, 0.2) is 0 Å². The second-order valence-electron chi connectivity index (χ2n) is 5.10. The third-order valence-corrected chi connectivity index (χ3v) is 3.51. The largest absolute Gasteiger partial charge is 0.344 e. The summed E-state index contributed by atoms with van der Waals surface area (Å²) in [6.07, 6.45) is 3.03. The minimum absolute atomic E-state index is 0.221. The van der Waals surface area contributed by atoms with Gasteiger partial charge in [0.1, 0.15) is 0 Å². The van der Waals surface area contributed by atoms with Crippen LogP contribution < -0.4 is 5.73 Å². The molecule has 2 unspecified atom stereocenters. The summed E-state index contributed by atoms with van der Waals surface area (Å²) in [6.45, 7) is 4.62. The van der Waals surface area contributed by atoms with Crippen molar-refractivity contribution in [3.63, 3.8) is 0 Å². The van der Waals surface area contributed by atoms with Crippen LogP contribution in [0.1, 0.15) is 26.2 Å². The summed E-state index contributed by atoms with van der Waals surface area (Å²) in [5.41, 5.74) is 5.53. The number of nitrogens with two attached hydrogens (primary N) is 1. The van der Waals surface area contributed by atoms with Crippen molar-refractivity contribution in [3.05, 3.63) is 0 Å². The summed E-state index contributed by atoms with van der Waals surface area (Å²) in [6, 6.07) is 0.544. The first-order chi connectivity index (χ1) is 7.54. The lowest BCUT2D eigenvalue weighted by atomic mass is 10.1. The lowest BCUT2D eigenvalue weighted by Crippen LogP contribution is -2.40. The maximum Gasteiger partial charge on any atom is 0.222 e. The molecule has 1 amide bonds. The quantitative estimate of drug-likeness (QED) is 0.745. The fraction of sp³-hybridized carbons (Fsp3) is 0.917. The topological polar surface area (TPSA) is 49.6 Å². The highest BCUT2D eigenvalue weighted by molar-refractivity contribution is 5.76. The van der Waals surface area contributed by atoms with E-state index in [4.69, 9.17) is 5.73 Å². The Morgan fingerprint density at radius 3 is 2.81 bits per heavy atom. The molecule has 0 aliphatic carbocycles. The molecule has 0 spiro atoms. The van der Waals surface area contributed by atoms with Crippen LogP contribution >= 0.6 is 0 Å². The summed E-state index contributed by atoms with van der Waals surface area (Å²) >= 11 is 0. The summed E-state index contributed by atoms with van der Waals surface area (Å²) in [4.78, 5) is 16.1. The normalized spacial score (nSPS) is 23.4. The lowest BCUT2D eigenvalue weighted by Gasteiger charge is -2.26. The molecule has 1 fully saturated rings. The Morgan fingerprint density at radius 1 is 1.62 bits per heavy atom. The number of nitrogens with zero attached hydrogens (tertiary/aromatic N) is 2. The van der Waals surface area contributed by atoms with E-state index in [1.165, 1.54) is 12.8 Å². The summed E-state index contributed by atoms with van der Waals surface area (Å²) in [7, 11) is 4.04. The smallest absolute Gasteiger partial charge is 0.222 e. The maximum absolute atomic E-state index is 11.9. The highest BCUT2D eigenvalue weighted by atomic mass is 16.2. The number of likely N-dealkylation sites (N-methyl/N-ethyl adjacent to an activating group) is 2. The van der Waals surface area contributed by atoms with Crippen LogP contribution in [0.3, 0.4) is 0 Å². The number of amides is 1. The van der Waals surface area contributed by atoms with Gasteiger partial charge in [0.05, 0.1) is 0 Å². The second kappa shape index (κ2) is 6.21. The van der Waals surface area contributed by atoms with Crippen molar-refractivity contribution in [1.29, 1.82) is 0 Å². The Morgan fingerprint density at radius 2 is 2.31 bits per heavy atom. The zero-order valence-electron chi connectivity index (χ0n) is 10.8. The van der Waals surface area contributed by atoms with E-state index in [1.54, 1.807) is 0 Å². The lowest BCUT2D eigenvalue weighted by molar-refractivity contribution is -0.131. The molecule has 0 aromatic carbocycles. The van der Waals surface area contributed by atoms with Crippen molar-refractivity contribution in [3.8, 4) is 0 Å². The molecule has 1 aliphatic heterocycles. The van der Waals surface area contributed by atoms with Gasteiger partial charge in [-0.25, -0.2) is 0 Å². The number of hydrogen-bond acceptors (Lipinski definition) is 3. The Balaban J connectivity index is 2.33. The average Bonchev–Trinajstić information content (AvgIpc) is 2.64. The average molecular weight is 227 g/mol. The van der Waals surface area contributed by atoms with Crippen molar-refractivity contribution in [2.45, 2.75) is 32.2 Å². The van der Waals surface area contributed by atoms with Crippen molar-refractivity contribution in [2.24, 2.45) is 11.7 Å². The van der Waals surface area contributed by atoms with Crippen LogP contribution in [-0.4, -0.2) is 55.5 Å². The fourth-order valence-corrected chi connectivity index (χ4v) is 2.17. The van der Waals surface area contributed by atoms with Crippen molar-refractivity contribution >= 4 is 5.91 Å². The van der Waals surface area contributed by atoms with Gasteiger partial charge in [-0.05, 0) is 38.9 Å². The standard InChI is InChI=1S/C12H25N3O/c1-10(8-13)7-12(16)15(3)9-11-5-4-6-14(11)2/h10-11H,4-9,13H2,1-3H3. The van der Waals surface area contributed by atoms with Gasteiger partial charge in [0.25, 0.3) is 0 Å². The van der Waals surface area contributed by atoms with E-state index in [2.05, 4.69) is 11.9 Å². The number of carbonyl (C=O) groups excluding carboxylic acids is 1. The molecule has 1 aliphatic rings. The van der Waals surface area contributed by atoms with E-state index >= 15 is 0 Å². The summed E-state index contributed by atoms with van der Waals surface area (Å²) in [5.74, 6) is 0.509. The Hall–Kier alpha value is -0.610. The van der Waals surface area contributed by atoms with Gasteiger partial charge in [0.15, 0.2) is 0 Å². The molecule has 4 nitrogen and oxygen atoms in total. The molecule has 0 saturated carbocycles. The van der Waals surface area contributed by atoms with E-state index in [1.807, 2.05) is 18.9 Å². The molecule has 0 radical (unpaired) electrons. The van der Waals surface area contributed by atoms with Gasteiger partial charge in [0.2, 0.25) is 5.91 Å². The van der Waals surface area contributed by atoms with Crippen LogP contribution in [0, 0.1) is 5.92 Å². The van der Waals surface area contributed by atoms with Crippen LogP contribution in [0.25, 0.3) is 0 Å². The van der Waals surface area contributed by atoms with Gasteiger partial charge in [-0.15, -0.1) is 0 Å². The summed E-state index contributed by atoms with van der Waals surface area (Å²) < 4.78 is 0. The predicted octanol–water partition coefficient (Wildman–Crippen LogP) is 0.524. The van der Waals surface area contributed by atoms with E-state index in [0.717, 1.165) is 13.1 Å². The number of rotatable bonds is 5. The first-order valence-corrected chi connectivity index (χ1v) is 6.18. The van der Waals surface area contributed by atoms with Crippen molar-refractivity contribution < 1.29 is 4.79 Å². The van der Waals surface area contributed by atoms with Gasteiger partial charge in [-0.3, -0.25) is 4.79 Å². The molecule has 0 aromatic heterocycles. The molecule has 1 rings (SSSR count). The van der Waals surface area contributed by atoms with Crippen LogP contribution in [-0.2, 0) is 4.79 Å². The third kappa shape index (κ3) is 3.76. The SMILES string of the molecule is CC(CN)CC(=O)N(C)CC1CCCN1C. The summed E-state index contributed by atoms with van der Waals surface area (Å²) in [5, 5.41) is 0. The van der Waals surface area contributed by atoms with Crippen molar-refractivity contribution in [2.75, 3.05) is 33.7 Å². The van der Waals surface area contributed by atoms with Crippen molar-refractivity contribution in [1.82, 2.24) is 9.80 Å². The predicted molar refractivity (Wildman–Crippen MR) is 66.1 cm³/mol. The monoisotopic (exact) mass is 227 g/mol. The van der Waals surface area contributed by atoms with Gasteiger partial charge in [-0.1, -0.05) is 6.92 Å². The Kier molecular flexibility index (Phi) is 5.22. The van der Waals surface area contributed by atoms with Gasteiger partial charge >= 0.3 is 0 Å². The molecule has 94 valence electrons. The third-order valence-electron chi connectivity index (χ3n) is 3.51. The Labute approximate surface area is 98.8 Å². The van der Waals surface area contributed by atoms with E-state index < -0.39 is 0 Å². The molecule has 4 heteroatoms. The second-order valence-corrected chi connectivity index (χ2v) is 5.10. The first kappa shape index (κ1) is 13.5. The highest BCUT2D eigenvalue weighted by Crippen LogP contribution is 2.16. The van der Waals surface area contributed by atoms with Gasteiger partial charge in [-0.2, -0.15) is 0 Å². The van der Waals surface area contributed by atoms with Crippen LogP contribution in [0.2, 0.25) is 0 Å². The fourth-order valence-electron chi connectivity index (χ4n) is 2.17. The number of carbonyl (C=O) groups is 1. The molecule has 2 N–H and O–H groups in total. The number of hydrogen-bond donors (Lipinski definition) is 1. The van der Waals surface area contributed by atoms with E-state index in [9.17, 15) is 4.79 Å². The minimum Gasteiger partial charge on any atom is -0.344 e. The Bertz CT molecular complexity index is 232. The van der Waals surface area contributed by atoms with Crippen LogP contribution in [0.4, 0.5) is 0 Å². The molecule has 0 bridgehead atoms. The maximum atomic E-state index is 11.9. The minimum atomic E-state index is 0.221. The molecule has 2 atom stereocenters. The number of likely N-dealkylation sites (tertiary alicyclic amines) is 1. The molecule has 1 saturated heterocycles. The zero-order valence-corrected chi connectivity index (χ0v) is 10.8. The first-order valence-electron chi connectivity index (χ1n) is 6.18. The molecule has 1 heterocycles. The molecular formula is C12H25N3O. The van der Waals surface area contributed by atoms with E-state index in [-0.39, 0.29) is 11.8 Å². The molecule has 16 heavy (non-hydrogen) atoms.